The van der Waals surface area contributed by atoms with Crippen LogP contribution in [0.2, 0.25) is 0 Å². The molecular formula is C30H23BrN4O. The molecule has 176 valence electrons. The van der Waals surface area contributed by atoms with Gasteiger partial charge in [-0.25, -0.2) is 15.0 Å². The van der Waals surface area contributed by atoms with Crippen LogP contribution in [0.25, 0.3) is 22.2 Å². The first-order chi connectivity index (χ1) is 17.7. The number of nitrogens with zero attached hydrogens (tertiary/aromatic N) is 4. The number of benzene rings is 4. The lowest BCUT2D eigenvalue weighted by molar-refractivity contribution is 0.414. The van der Waals surface area contributed by atoms with Gasteiger partial charge in [0.25, 0.3) is 0 Å². The lowest BCUT2D eigenvalue weighted by Crippen LogP contribution is -2.21. The van der Waals surface area contributed by atoms with Gasteiger partial charge in [-0.05, 0) is 41.5 Å². The number of rotatable bonds is 5. The highest BCUT2D eigenvalue weighted by Crippen LogP contribution is 2.38. The van der Waals surface area contributed by atoms with Crippen LogP contribution in [-0.4, -0.2) is 22.8 Å². The predicted molar refractivity (Wildman–Crippen MR) is 148 cm³/mol. The molecule has 1 aliphatic heterocycles. The van der Waals surface area contributed by atoms with E-state index in [1.807, 2.05) is 65.7 Å². The molecule has 0 saturated heterocycles. The van der Waals surface area contributed by atoms with Crippen LogP contribution in [0.15, 0.2) is 113 Å². The van der Waals surface area contributed by atoms with Crippen molar-refractivity contribution in [1.82, 2.24) is 9.97 Å². The topological polar surface area (TPSA) is 50.6 Å². The molecule has 1 aromatic heterocycles. The largest absolute Gasteiger partial charge is 0.497 e. The van der Waals surface area contributed by atoms with Crippen LogP contribution in [0.4, 0.5) is 5.95 Å². The molecule has 6 heteroatoms. The van der Waals surface area contributed by atoms with Crippen molar-refractivity contribution in [3.05, 3.63) is 119 Å². The van der Waals surface area contributed by atoms with Crippen LogP contribution in [0.3, 0.4) is 0 Å². The summed E-state index contributed by atoms with van der Waals surface area (Å²) in [5.74, 6) is 1.40. The number of hydrogen-bond donors (Lipinski definition) is 0. The fourth-order valence-corrected chi connectivity index (χ4v) is 4.95. The Morgan fingerprint density at radius 1 is 0.806 bits per heavy atom. The van der Waals surface area contributed by atoms with Crippen molar-refractivity contribution in [3.63, 3.8) is 0 Å². The molecule has 6 rings (SSSR count). The van der Waals surface area contributed by atoms with E-state index < -0.39 is 0 Å². The highest BCUT2D eigenvalue weighted by molar-refractivity contribution is 9.10. The first kappa shape index (κ1) is 22.4. The Balaban J connectivity index is 1.52. The van der Waals surface area contributed by atoms with Crippen LogP contribution >= 0.6 is 15.9 Å². The Labute approximate surface area is 218 Å². The van der Waals surface area contributed by atoms with E-state index in [2.05, 4.69) is 58.4 Å². The number of fused-ring (bicyclic) bond motifs is 1. The molecule has 1 unspecified atom stereocenters. The van der Waals surface area contributed by atoms with Crippen molar-refractivity contribution >= 4 is 38.5 Å². The van der Waals surface area contributed by atoms with Gasteiger partial charge < -0.3 is 4.74 Å². The van der Waals surface area contributed by atoms with Gasteiger partial charge in [0.1, 0.15) is 5.75 Å². The maximum absolute atomic E-state index is 5.39. The van der Waals surface area contributed by atoms with Gasteiger partial charge in [-0.3, -0.25) is 0 Å². The van der Waals surface area contributed by atoms with Crippen molar-refractivity contribution in [2.24, 2.45) is 5.10 Å². The number of anilines is 1. The number of halogens is 1. The summed E-state index contributed by atoms with van der Waals surface area (Å²) in [6.45, 7) is 0. The average molecular weight is 535 g/mol. The van der Waals surface area contributed by atoms with Crippen molar-refractivity contribution < 1.29 is 4.74 Å². The minimum atomic E-state index is -0.0392. The Kier molecular flexibility index (Phi) is 5.95. The maximum Gasteiger partial charge on any atom is 0.247 e. The third-order valence-corrected chi connectivity index (χ3v) is 6.91. The van der Waals surface area contributed by atoms with E-state index in [0.717, 1.165) is 55.6 Å². The van der Waals surface area contributed by atoms with E-state index in [4.69, 9.17) is 19.8 Å². The minimum Gasteiger partial charge on any atom is -0.497 e. The Bertz CT molecular complexity index is 1550. The smallest absolute Gasteiger partial charge is 0.247 e. The maximum atomic E-state index is 5.39. The second kappa shape index (κ2) is 9.55. The zero-order valence-electron chi connectivity index (χ0n) is 19.7. The molecule has 0 radical (unpaired) electrons. The summed E-state index contributed by atoms with van der Waals surface area (Å²) < 4.78 is 6.38. The summed E-state index contributed by atoms with van der Waals surface area (Å²) in [6, 6.07) is 34.8. The predicted octanol–water partition coefficient (Wildman–Crippen LogP) is 7.42. The second-order valence-corrected chi connectivity index (χ2v) is 9.57. The lowest BCUT2D eigenvalue weighted by Gasteiger charge is -2.23. The Morgan fingerprint density at radius 2 is 1.50 bits per heavy atom. The van der Waals surface area contributed by atoms with Crippen LogP contribution in [0.5, 0.6) is 5.75 Å². The first-order valence-electron chi connectivity index (χ1n) is 11.8. The molecule has 0 fully saturated rings. The SMILES string of the molecule is COc1ccc(C2CC(c3ccccc3)=NN2c2nc(-c3ccccc3)c3cc(Br)ccc3n2)cc1. The first-order valence-corrected chi connectivity index (χ1v) is 12.6. The van der Waals surface area contributed by atoms with E-state index in [1.54, 1.807) is 7.11 Å². The van der Waals surface area contributed by atoms with Gasteiger partial charge in [-0.15, -0.1) is 0 Å². The third kappa shape index (κ3) is 4.25. The number of ether oxygens (including phenoxy) is 1. The lowest BCUT2D eigenvalue weighted by atomic mass is 9.98. The van der Waals surface area contributed by atoms with Gasteiger partial charge in [-0.2, -0.15) is 5.10 Å². The zero-order valence-corrected chi connectivity index (χ0v) is 21.3. The van der Waals surface area contributed by atoms with Crippen LogP contribution in [0, 0.1) is 0 Å². The summed E-state index contributed by atoms with van der Waals surface area (Å²) in [6.07, 6.45) is 0.749. The quantitative estimate of drug-likeness (QED) is 0.235. The van der Waals surface area contributed by atoms with Crippen molar-refractivity contribution in [1.29, 1.82) is 0 Å². The molecule has 1 atom stereocenters. The Hall–Kier alpha value is -4.03. The number of aromatic nitrogens is 2. The van der Waals surface area contributed by atoms with E-state index in [0.29, 0.717) is 5.95 Å². The summed E-state index contributed by atoms with van der Waals surface area (Å²) >= 11 is 3.61. The number of hydrazone groups is 1. The van der Waals surface area contributed by atoms with E-state index in [-0.39, 0.29) is 6.04 Å². The van der Waals surface area contributed by atoms with E-state index in [9.17, 15) is 0 Å². The molecule has 0 bridgehead atoms. The summed E-state index contributed by atoms with van der Waals surface area (Å²) in [7, 11) is 1.68. The third-order valence-electron chi connectivity index (χ3n) is 6.42. The molecule has 0 saturated carbocycles. The standard InChI is InChI=1S/C30H23BrN4O/c1-36-24-15-12-21(13-16-24)28-19-27(20-8-4-2-5-9-20)34-35(28)30-32-26-17-14-23(31)18-25(26)29(33-30)22-10-6-3-7-11-22/h2-18,28H,19H2,1H3. The fourth-order valence-electron chi connectivity index (χ4n) is 4.59. The van der Waals surface area contributed by atoms with E-state index >= 15 is 0 Å². The average Bonchev–Trinajstić information content (AvgIpc) is 3.39. The van der Waals surface area contributed by atoms with Gasteiger partial charge in [0.15, 0.2) is 0 Å². The van der Waals surface area contributed by atoms with Gasteiger partial charge in [-0.1, -0.05) is 88.7 Å². The van der Waals surface area contributed by atoms with Crippen molar-refractivity contribution in [3.8, 4) is 17.0 Å². The minimum absolute atomic E-state index is 0.0392. The van der Waals surface area contributed by atoms with Gasteiger partial charge in [0.2, 0.25) is 5.95 Å². The summed E-state index contributed by atoms with van der Waals surface area (Å²) in [5, 5.41) is 8.04. The number of hydrogen-bond acceptors (Lipinski definition) is 5. The molecule has 0 spiro atoms. The molecule has 5 nitrogen and oxygen atoms in total. The van der Waals surface area contributed by atoms with Gasteiger partial charge >= 0.3 is 0 Å². The molecule has 36 heavy (non-hydrogen) atoms. The van der Waals surface area contributed by atoms with Crippen molar-refractivity contribution in [2.75, 3.05) is 12.1 Å². The summed E-state index contributed by atoms with van der Waals surface area (Å²) in [5.41, 5.74) is 6.04. The highest BCUT2D eigenvalue weighted by atomic mass is 79.9. The van der Waals surface area contributed by atoms with Crippen LogP contribution < -0.4 is 9.75 Å². The van der Waals surface area contributed by atoms with Gasteiger partial charge in [0, 0.05) is 21.8 Å². The van der Waals surface area contributed by atoms with Crippen LogP contribution in [-0.2, 0) is 0 Å². The molecule has 5 aromatic rings. The molecule has 0 aliphatic carbocycles. The zero-order chi connectivity index (χ0) is 24.5. The normalized spacial score (nSPS) is 15.2. The molecule has 4 aromatic carbocycles. The van der Waals surface area contributed by atoms with Gasteiger partial charge in [0.05, 0.1) is 30.1 Å². The molecule has 0 amide bonds. The van der Waals surface area contributed by atoms with Crippen LogP contribution in [0.1, 0.15) is 23.6 Å². The molecule has 1 aliphatic rings. The summed E-state index contributed by atoms with van der Waals surface area (Å²) in [4.78, 5) is 10.1. The van der Waals surface area contributed by atoms with E-state index in [1.165, 1.54) is 0 Å². The Morgan fingerprint density at radius 3 is 2.19 bits per heavy atom. The number of methoxy groups -OCH3 is 1. The monoisotopic (exact) mass is 534 g/mol. The molecule has 0 N–H and O–H groups in total. The fraction of sp³-hybridized carbons (Fsp3) is 0.100. The second-order valence-electron chi connectivity index (χ2n) is 8.65. The molecule has 2 heterocycles. The molecular weight excluding hydrogens is 512 g/mol. The highest BCUT2D eigenvalue weighted by Gasteiger charge is 2.32. The van der Waals surface area contributed by atoms with Crippen molar-refractivity contribution in [2.45, 2.75) is 12.5 Å².